The van der Waals surface area contributed by atoms with Gasteiger partial charge in [-0.25, -0.2) is 5.43 Å². The van der Waals surface area contributed by atoms with Crippen LogP contribution in [-0.4, -0.2) is 24.6 Å². The van der Waals surface area contributed by atoms with Gasteiger partial charge in [-0.3, -0.25) is 9.59 Å². The molecule has 20 heavy (non-hydrogen) atoms. The number of hydrogen-bond donors (Lipinski definition) is 2. The van der Waals surface area contributed by atoms with Crippen molar-refractivity contribution in [2.75, 3.05) is 6.54 Å². The van der Waals surface area contributed by atoms with Gasteiger partial charge in [0.15, 0.2) is 5.76 Å². The predicted octanol–water partition coefficient (Wildman–Crippen LogP) is 1.16. The first-order valence-electron chi connectivity index (χ1n) is 5.94. The zero-order valence-electron chi connectivity index (χ0n) is 10.6. The molecule has 0 saturated heterocycles. The lowest BCUT2D eigenvalue weighted by atomic mass is 10.2. The molecule has 0 unspecified atom stereocenters. The van der Waals surface area contributed by atoms with Gasteiger partial charge in [0.05, 0.1) is 19.0 Å². The highest BCUT2D eigenvalue weighted by Crippen LogP contribution is 1.98. The Morgan fingerprint density at radius 2 is 1.95 bits per heavy atom. The lowest BCUT2D eigenvalue weighted by Crippen LogP contribution is -2.34. The van der Waals surface area contributed by atoms with Crippen LogP contribution in [0, 0.1) is 0 Å². The van der Waals surface area contributed by atoms with Gasteiger partial charge in [-0.1, -0.05) is 30.3 Å². The topological polar surface area (TPSA) is 83.7 Å². The van der Waals surface area contributed by atoms with Crippen LogP contribution in [0.1, 0.15) is 16.1 Å². The summed E-state index contributed by atoms with van der Waals surface area (Å²) in [5.74, 6) is -0.708. The van der Waals surface area contributed by atoms with E-state index in [9.17, 15) is 9.59 Å². The van der Waals surface area contributed by atoms with Gasteiger partial charge in [-0.15, -0.1) is 0 Å². The van der Waals surface area contributed by atoms with Crippen molar-refractivity contribution in [2.45, 2.75) is 0 Å². The van der Waals surface area contributed by atoms with E-state index in [2.05, 4.69) is 15.8 Å². The van der Waals surface area contributed by atoms with Crippen molar-refractivity contribution in [3.63, 3.8) is 0 Å². The minimum Gasteiger partial charge on any atom is -0.459 e. The van der Waals surface area contributed by atoms with Gasteiger partial charge >= 0.3 is 0 Å². The Morgan fingerprint density at radius 3 is 2.65 bits per heavy atom. The van der Waals surface area contributed by atoms with Crippen molar-refractivity contribution in [1.82, 2.24) is 10.7 Å². The Kier molecular flexibility index (Phi) is 4.66. The minimum absolute atomic E-state index is 0.158. The highest BCUT2D eigenvalue weighted by molar-refractivity contribution is 5.94. The van der Waals surface area contributed by atoms with Gasteiger partial charge in [-0.2, -0.15) is 5.10 Å². The lowest BCUT2D eigenvalue weighted by Gasteiger charge is -2.01. The first-order chi connectivity index (χ1) is 9.75. The molecule has 0 saturated carbocycles. The molecule has 0 fully saturated rings. The third kappa shape index (κ3) is 4.09. The standard InChI is InChI=1S/C14H13N3O3/c18-13(10-15-14(19)12-7-4-8-20-12)17-16-9-11-5-2-1-3-6-11/h1-9H,10H2,(H,15,19)(H,17,18). The smallest absolute Gasteiger partial charge is 0.287 e. The van der Waals surface area contributed by atoms with Gasteiger partial charge in [0, 0.05) is 0 Å². The molecule has 1 heterocycles. The van der Waals surface area contributed by atoms with Crippen molar-refractivity contribution < 1.29 is 14.0 Å². The first-order valence-corrected chi connectivity index (χ1v) is 5.94. The monoisotopic (exact) mass is 271 g/mol. The molecule has 0 bridgehead atoms. The Hall–Kier alpha value is -2.89. The molecule has 2 amide bonds. The van der Waals surface area contributed by atoms with Crippen LogP contribution < -0.4 is 10.7 Å². The molecule has 2 rings (SSSR count). The summed E-state index contributed by atoms with van der Waals surface area (Å²) in [5.41, 5.74) is 3.18. The van der Waals surface area contributed by atoms with E-state index in [-0.39, 0.29) is 12.3 Å². The number of benzene rings is 1. The number of hydrazone groups is 1. The van der Waals surface area contributed by atoms with Crippen molar-refractivity contribution in [2.24, 2.45) is 5.10 Å². The molecule has 0 radical (unpaired) electrons. The molecule has 0 spiro atoms. The number of carbonyl (C=O) groups is 2. The summed E-state index contributed by atoms with van der Waals surface area (Å²) >= 11 is 0. The van der Waals surface area contributed by atoms with E-state index < -0.39 is 11.8 Å². The zero-order valence-corrected chi connectivity index (χ0v) is 10.6. The summed E-state index contributed by atoms with van der Waals surface area (Å²) in [4.78, 5) is 22.9. The summed E-state index contributed by atoms with van der Waals surface area (Å²) in [6, 6.07) is 12.4. The van der Waals surface area contributed by atoms with Crippen molar-refractivity contribution in [3.8, 4) is 0 Å². The average Bonchev–Trinajstić information content (AvgIpc) is 3.00. The fourth-order valence-electron chi connectivity index (χ4n) is 1.41. The summed E-state index contributed by atoms with van der Waals surface area (Å²) in [5, 5.41) is 6.20. The Labute approximate surface area is 115 Å². The third-order valence-electron chi connectivity index (χ3n) is 2.36. The van der Waals surface area contributed by atoms with Crippen LogP contribution in [0.25, 0.3) is 0 Å². The molecule has 2 aromatic rings. The number of nitrogens with zero attached hydrogens (tertiary/aromatic N) is 1. The maximum absolute atomic E-state index is 11.5. The van der Waals surface area contributed by atoms with E-state index >= 15 is 0 Å². The van der Waals surface area contributed by atoms with E-state index in [0.29, 0.717) is 0 Å². The molecule has 1 aromatic carbocycles. The SMILES string of the molecule is O=C(CNC(=O)c1ccco1)NN=Cc1ccccc1. The van der Waals surface area contributed by atoms with Crippen LogP contribution >= 0.6 is 0 Å². The number of carbonyl (C=O) groups excluding carboxylic acids is 2. The molecule has 102 valence electrons. The van der Waals surface area contributed by atoms with Gasteiger partial charge in [-0.05, 0) is 17.7 Å². The van der Waals surface area contributed by atoms with Crippen molar-refractivity contribution in [1.29, 1.82) is 0 Å². The van der Waals surface area contributed by atoms with E-state index in [1.807, 2.05) is 30.3 Å². The van der Waals surface area contributed by atoms with Crippen LogP contribution in [0.4, 0.5) is 0 Å². The molecule has 1 aromatic heterocycles. The largest absolute Gasteiger partial charge is 0.459 e. The number of hydrogen-bond acceptors (Lipinski definition) is 4. The molecule has 6 heteroatoms. The normalized spacial score (nSPS) is 10.4. The second-order valence-electron chi connectivity index (χ2n) is 3.86. The maximum Gasteiger partial charge on any atom is 0.287 e. The minimum atomic E-state index is -0.447. The fourth-order valence-corrected chi connectivity index (χ4v) is 1.41. The highest BCUT2D eigenvalue weighted by atomic mass is 16.3. The molecule has 2 N–H and O–H groups in total. The quantitative estimate of drug-likeness (QED) is 0.632. The van der Waals surface area contributed by atoms with Gasteiger partial charge in [0.1, 0.15) is 0 Å². The van der Waals surface area contributed by atoms with Gasteiger partial charge in [0.2, 0.25) is 0 Å². The van der Waals surface area contributed by atoms with E-state index in [0.717, 1.165) is 5.56 Å². The summed E-state index contributed by atoms with van der Waals surface area (Å²) < 4.78 is 4.89. The number of nitrogens with one attached hydrogen (secondary N) is 2. The highest BCUT2D eigenvalue weighted by Gasteiger charge is 2.09. The maximum atomic E-state index is 11.5. The molecular formula is C14H13N3O3. The molecule has 0 aliphatic heterocycles. The van der Waals surface area contributed by atoms with Gasteiger partial charge in [0.25, 0.3) is 11.8 Å². The molecule has 0 atom stereocenters. The fraction of sp³-hybridized carbons (Fsp3) is 0.0714. The lowest BCUT2D eigenvalue weighted by molar-refractivity contribution is -0.120. The van der Waals surface area contributed by atoms with Crippen LogP contribution in [0.15, 0.2) is 58.2 Å². The van der Waals surface area contributed by atoms with Crippen LogP contribution in [-0.2, 0) is 4.79 Å². The van der Waals surface area contributed by atoms with Gasteiger partial charge < -0.3 is 9.73 Å². The first kappa shape index (κ1) is 13.5. The van der Waals surface area contributed by atoms with Crippen LogP contribution in [0.2, 0.25) is 0 Å². The summed E-state index contributed by atoms with van der Waals surface area (Å²) in [6.07, 6.45) is 2.91. The van der Waals surface area contributed by atoms with E-state index in [1.54, 1.807) is 6.07 Å². The molecule has 0 aliphatic carbocycles. The number of furan rings is 1. The van der Waals surface area contributed by atoms with E-state index in [1.165, 1.54) is 18.5 Å². The number of amides is 2. The average molecular weight is 271 g/mol. The summed E-state index contributed by atoms with van der Waals surface area (Å²) in [7, 11) is 0. The molecule has 6 nitrogen and oxygen atoms in total. The second-order valence-corrected chi connectivity index (χ2v) is 3.86. The molecular weight excluding hydrogens is 258 g/mol. The second kappa shape index (κ2) is 6.89. The van der Waals surface area contributed by atoms with E-state index in [4.69, 9.17) is 4.42 Å². The molecule has 0 aliphatic rings. The summed E-state index contributed by atoms with van der Waals surface area (Å²) in [6.45, 7) is -0.175. The predicted molar refractivity (Wildman–Crippen MR) is 73.2 cm³/mol. The van der Waals surface area contributed by atoms with Crippen molar-refractivity contribution in [3.05, 3.63) is 60.1 Å². The van der Waals surface area contributed by atoms with Crippen LogP contribution in [0.3, 0.4) is 0 Å². The van der Waals surface area contributed by atoms with Crippen LogP contribution in [0.5, 0.6) is 0 Å². The van der Waals surface area contributed by atoms with Crippen molar-refractivity contribution >= 4 is 18.0 Å². The Morgan fingerprint density at radius 1 is 1.15 bits per heavy atom. The third-order valence-corrected chi connectivity index (χ3v) is 2.36. The zero-order chi connectivity index (χ0) is 14.2. The Bertz CT molecular complexity index is 591. The number of rotatable bonds is 5. The Balaban J connectivity index is 1.73.